The molecule has 0 bridgehead atoms. The van der Waals surface area contributed by atoms with E-state index in [1.807, 2.05) is 26.0 Å². The Morgan fingerprint density at radius 2 is 2.05 bits per heavy atom. The number of hydrogen-bond donors (Lipinski definition) is 2. The highest BCUT2D eigenvalue weighted by Gasteiger charge is 2.43. The summed E-state index contributed by atoms with van der Waals surface area (Å²) in [5, 5.41) is 12.6. The number of carbonyl (C=O) groups is 1. The predicted octanol–water partition coefficient (Wildman–Crippen LogP) is 1.66. The number of nitrogens with zero attached hydrogens (tertiary/aromatic N) is 1. The van der Waals surface area contributed by atoms with Crippen molar-refractivity contribution in [3.8, 4) is 5.75 Å². The Morgan fingerprint density at radius 3 is 2.63 bits per heavy atom. The van der Waals surface area contributed by atoms with Gasteiger partial charge in [0.25, 0.3) is 0 Å². The van der Waals surface area contributed by atoms with Crippen molar-refractivity contribution in [2.45, 2.75) is 32.0 Å². The van der Waals surface area contributed by atoms with E-state index in [9.17, 15) is 9.90 Å². The molecule has 1 fully saturated rings. The van der Waals surface area contributed by atoms with Crippen LogP contribution in [-0.4, -0.2) is 34.2 Å². The van der Waals surface area contributed by atoms with E-state index in [0.29, 0.717) is 13.0 Å². The normalized spacial score (nSPS) is 21.7. The number of hydrogen-bond acceptors (Lipinski definition) is 3. The molecule has 0 aliphatic carbocycles. The fourth-order valence-corrected chi connectivity index (χ4v) is 2.48. The number of carbonyl (C=O) groups excluding carboxylic acids is 1. The Hall–Kier alpha value is -1.81. The third-order valence-corrected chi connectivity index (χ3v) is 3.45. The lowest BCUT2D eigenvalue weighted by Gasteiger charge is -2.30. The van der Waals surface area contributed by atoms with Crippen molar-refractivity contribution in [3.05, 3.63) is 42.5 Å². The second-order valence-corrected chi connectivity index (χ2v) is 5.36. The number of amides is 1. The zero-order valence-electron chi connectivity index (χ0n) is 11.4. The van der Waals surface area contributed by atoms with E-state index < -0.39 is 0 Å². The lowest BCUT2D eigenvalue weighted by atomic mass is 10.1. The fourth-order valence-electron chi connectivity index (χ4n) is 2.48. The molecule has 19 heavy (non-hydrogen) atoms. The monoisotopic (exact) mass is 260 g/mol. The van der Waals surface area contributed by atoms with Gasteiger partial charge in [-0.05, 0) is 38.0 Å². The fraction of sp³-hybridized carbons (Fsp3) is 0.400. The number of benzene rings is 1. The van der Waals surface area contributed by atoms with Crippen LogP contribution in [0.4, 0.5) is 0 Å². The molecule has 1 aliphatic heterocycles. The molecule has 4 nitrogen and oxygen atoms in total. The topological polar surface area (TPSA) is 52.6 Å². The summed E-state index contributed by atoms with van der Waals surface area (Å²) in [6.45, 7) is 8.22. The first-order valence-corrected chi connectivity index (χ1v) is 6.42. The second-order valence-electron chi connectivity index (χ2n) is 5.36. The van der Waals surface area contributed by atoms with Crippen LogP contribution in [0.25, 0.3) is 0 Å². The smallest absolute Gasteiger partial charge is 0.241 e. The molecule has 102 valence electrons. The van der Waals surface area contributed by atoms with E-state index in [0.717, 1.165) is 5.56 Å². The minimum absolute atomic E-state index is 0.0953. The van der Waals surface area contributed by atoms with Gasteiger partial charge in [0.1, 0.15) is 5.75 Å². The summed E-state index contributed by atoms with van der Waals surface area (Å²) in [4.78, 5) is 14.1. The summed E-state index contributed by atoms with van der Waals surface area (Å²) in [7, 11) is 0. The molecule has 0 saturated carbocycles. The number of phenols is 1. The summed E-state index contributed by atoms with van der Waals surface area (Å²) < 4.78 is 0. The Morgan fingerprint density at radius 1 is 1.42 bits per heavy atom. The molecular formula is C15H20N2O2. The lowest BCUT2D eigenvalue weighted by Crippen LogP contribution is -2.47. The highest BCUT2D eigenvalue weighted by molar-refractivity contribution is 5.85. The standard InChI is InChI=1S/C15H20N2O2/c1-4-9-17-14(19)13(16-15(17,2)3)10-11-5-7-12(18)8-6-11/h4-8,13,16,18H,1,9-10H2,2-3H3. The maximum Gasteiger partial charge on any atom is 0.241 e. The molecule has 0 spiro atoms. The minimum atomic E-state index is -0.354. The summed E-state index contributed by atoms with van der Waals surface area (Å²) in [5.74, 6) is 0.334. The molecule has 1 aliphatic rings. The lowest BCUT2D eigenvalue weighted by molar-refractivity contribution is -0.130. The largest absolute Gasteiger partial charge is 0.508 e. The van der Waals surface area contributed by atoms with Crippen LogP contribution in [0.15, 0.2) is 36.9 Å². The van der Waals surface area contributed by atoms with E-state index >= 15 is 0 Å². The van der Waals surface area contributed by atoms with Crippen molar-refractivity contribution in [1.82, 2.24) is 10.2 Å². The molecule has 0 radical (unpaired) electrons. The molecule has 2 N–H and O–H groups in total. The zero-order chi connectivity index (χ0) is 14.0. The van der Waals surface area contributed by atoms with E-state index in [1.165, 1.54) is 0 Å². The third kappa shape index (κ3) is 2.79. The second kappa shape index (κ2) is 5.05. The van der Waals surface area contributed by atoms with Crippen molar-refractivity contribution < 1.29 is 9.90 Å². The summed E-state index contributed by atoms with van der Waals surface area (Å²) >= 11 is 0. The predicted molar refractivity (Wildman–Crippen MR) is 74.7 cm³/mol. The quantitative estimate of drug-likeness (QED) is 0.809. The van der Waals surface area contributed by atoms with Crippen molar-refractivity contribution >= 4 is 5.91 Å². The highest BCUT2D eigenvalue weighted by Crippen LogP contribution is 2.23. The Balaban J connectivity index is 2.12. The van der Waals surface area contributed by atoms with Gasteiger partial charge in [0.05, 0.1) is 11.7 Å². The number of phenolic OH excluding ortho intramolecular Hbond substituents is 1. The van der Waals surface area contributed by atoms with Crippen molar-refractivity contribution in [3.63, 3.8) is 0 Å². The van der Waals surface area contributed by atoms with Gasteiger partial charge >= 0.3 is 0 Å². The number of aromatic hydroxyl groups is 1. The number of rotatable bonds is 4. The molecule has 1 amide bonds. The van der Waals surface area contributed by atoms with E-state index in [2.05, 4.69) is 11.9 Å². The van der Waals surface area contributed by atoms with Gasteiger partial charge in [-0.25, -0.2) is 0 Å². The Kier molecular flexibility index (Phi) is 3.62. The van der Waals surface area contributed by atoms with Gasteiger partial charge < -0.3 is 10.0 Å². The summed E-state index contributed by atoms with van der Waals surface area (Å²) in [6, 6.07) is 6.74. The molecule has 4 heteroatoms. The van der Waals surface area contributed by atoms with Gasteiger partial charge in [0.15, 0.2) is 0 Å². The Labute approximate surface area is 113 Å². The number of nitrogens with one attached hydrogen (secondary N) is 1. The third-order valence-electron chi connectivity index (χ3n) is 3.45. The molecule has 1 aromatic rings. The maximum absolute atomic E-state index is 12.3. The van der Waals surface area contributed by atoms with Crippen molar-refractivity contribution in [2.24, 2.45) is 0 Å². The van der Waals surface area contributed by atoms with Gasteiger partial charge in [-0.3, -0.25) is 10.1 Å². The molecular weight excluding hydrogens is 240 g/mol. The van der Waals surface area contributed by atoms with Crippen LogP contribution in [0.5, 0.6) is 5.75 Å². The van der Waals surface area contributed by atoms with Crippen LogP contribution in [0.1, 0.15) is 19.4 Å². The van der Waals surface area contributed by atoms with Crippen molar-refractivity contribution in [1.29, 1.82) is 0 Å². The minimum Gasteiger partial charge on any atom is -0.508 e. The SMILES string of the molecule is C=CCN1C(=O)C(Cc2ccc(O)cc2)NC1(C)C. The molecule has 1 saturated heterocycles. The van der Waals surface area contributed by atoms with Gasteiger partial charge in [0, 0.05) is 6.54 Å². The van der Waals surface area contributed by atoms with Crippen LogP contribution < -0.4 is 5.32 Å². The summed E-state index contributed by atoms with van der Waals surface area (Å²) in [5.41, 5.74) is 0.673. The van der Waals surface area contributed by atoms with Crippen LogP contribution in [0.3, 0.4) is 0 Å². The summed E-state index contributed by atoms with van der Waals surface area (Å²) in [6.07, 6.45) is 2.36. The van der Waals surface area contributed by atoms with Crippen LogP contribution in [-0.2, 0) is 11.2 Å². The van der Waals surface area contributed by atoms with Gasteiger partial charge in [-0.15, -0.1) is 6.58 Å². The van der Waals surface area contributed by atoms with E-state index in [4.69, 9.17) is 0 Å². The van der Waals surface area contributed by atoms with E-state index in [-0.39, 0.29) is 23.4 Å². The van der Waals surface area contributed by atoms with Gasteiger partial charge in [-0.2, -0.15) is 0 Å². The van der Waals surface area contributed by atoms with Crippen molar-refractivity contribution in [2.75, 3.05) is 6.54 Å². The molecule has 1 atom stereocenters. The maximum atomic E-state index is 12.3. The van der Waals surface area contributed by atoms with Crippen LogP contribution in [0, 0.1) is 0 Å². The van der Waals surface area contributed by atoms with Crippen LogP contribution >= 0.6 is 0 Å². The van der Waals surface area contributed by atoms with Crippen LogP contribution in [0.2, 0.25) is 0 Å². The molecule has 1 unspecified atom stereocenters. The molecule has 2 rings (SSSR count). The average Bonchev–Trinajstić information content (AvgIpc) is 2.56. The highest BCUT2D eigenvalue weighted by atomic mass is 16.3. The van der Waals surface area contributed by atoms with E-state index in [1.54, 1.807) is 23.1 Å². The van der Waals surface area contributed by atoms with Gasteiger partial charge in [-0.1, -0.05) is 18.2 Å². The van der Waals surface area contributed by atoms with Gasteiger partial charge in [0.2, 0.25) is 5.91 Å². The molecule has 1 aromatic carbocycles. The first-order valence-electron chi connectivity index (χ1n) is 6.42. The average molecular weight is 260 g/mol. The first kappa shape index (κ1) is 13.6. The molecule has 0 aromatic heterocycles. The Bertz CT molecular complexity index is 479. The zero-order valence-corrected chi connectivity index (χ0v) is 11.4. The first-order chi connectivity index (χ1) is 8.94. The molecule has 1 heterocycles.